The first-order valence-corrected chi connectivity index (χ1v) is 12.3. The van der Waals surface area contributed by atoms with E-state index in [2.05, 4.69) is 5.32 Å². The van der Waals surface area contributed by atoms with E-state index in [0.717, 1.165) is 16.7 Å². The van der Waals surface area contributed by atoms with Crippen LogP contribution in [0.2, 0.25) is 0 Å². The van der Waals surface area contributed by atoms with Crippen molar-refractivity contribution in [2.75, 3.05) is 0 Å². The molecule has 0 saturated heterocycles. The van der Waals surface area contributed by atoms with Gasteiger partial charge in [0, 0.05) is 11.4 Å². The Hall–Kier alpha value is -4.32. The number of rotatable bonds is 8. The minimum Gasteiger partial charge on any atom is -0.508 e. The summed E-state index contributed by atoms with van der Waals surface area (Å²) >= 11 is 0. The zero-order chi connectivity index (χ0) is 26.4. The molecule has 0 fully saturated rings. The number of carbonyl (C=O) groups excluding carboxylic acids is 2. The number of aryl methyl sites for hydroxylation is 1. The van der Waals surface area contributed by atoms with Gasteiger partial charge >= 0.3 is 11.9 Å². The number of dihydropyridines is 1. The molecule has 1 aliphatic heterocycles. The molecule has 3 aromatic rings. The molecule has 0 saturated carbocycles. The van der Waals surface area contributed by atoms with Crippen molar-refractivity contribution in [1.29, 1.82) is 0 Å². The molecule has 0 unspecified atom stereocenters. The summed E-state index contributed by atoms with van der Waals surface area (Å²) in [6.45, 7) is 5.74. The van der Waals surface area contributed by atoms with E-state index in [9.17, 15) is 14.7 Å². The van der Waals surface area contributed by atoms with Crippen LogP contribution in [0.3, 0.4) is 0 Å². The first-order valence-electron chi connectivity index (χ1n) is 12.3. The number of phenolic OH excluding ortho intramolecular Hbond substituents is 1. The van der Waals surface area contributed by atoms with Gasteiger partial charge in [0.15, 0.2) is 0 Å². The average Bonchev–Trinajstić information content (AvgIpc) is 2.91. The quantitative estimate of drug-likeness (QED) is 0.390. The summed E-state index contributed by atoms with van der Waals surface area (Å²) in [5.41, 5.74) is 5.02. The summed E-state index contributed by atoms with van der Waals surface area (Å²) in [4.78, 5) is 27.0. The predicted molar refractivity (Wildman–Crippen MR) is 141 cm³/mol. The Labute approximate surface area is 217 Å². The van der Waals surface area contributed by atoms with Gasteiger partial charge in [-0.25, -0.2) is 9.59 Å². The van der Waals surface area contributed by atoms with Crippen LogP contribution in [-0.2, 0) is 38.7 Å². The van der Waals surface area contributed by atoms with Gasteiger partial charge < -0.3 is 19.9 Å². The van der Waals surface area contributed by atoms with E-state index in [4.69, 9.17) is 9.47 Å². The molecule has 4 rings (SSSR count). The van der Waals surface area contributed by atoms with E-state index in [0.29, 0.717) is 34.5 Å². The third-order valence-electron chi connectivity index (χ3n) is 6.44. The van der Waals surface area contributed by atoms with Crippen molar-refractivity contribution < 1.29 is 24.2 Å². The van der Waals surface area contributed by atoms with Crippen LogP contribution in [0.5, 0.6) is 5.75 Å². The summed E-state index contributed by atoms with van der Waals surface area (Å²) in [6, 6.07) is 24.0. The van der Waals surface area contributed by atoms with E-state index < -0.39 is 17.9 Å². The van der Waals surface area contributed by atoms with Crippen molar-refractivity contribution in [3.8, 4) is 5.75 Å². The Morgan fingerprint density at radius 1 is 0.784 bits per heavy atom. The molecule has 2 N–H and O–H groups in total. The average molecular weight is 498 g/mol. The number of phenols is 1. The van der Waals surface area contributed by atoms with Crippen molar-refractivity contribution in [3.63, 3.8) is 0 Å². The molecule has 37 heavy (non-hydrogen) atoms. The molecule has 0 spiro atoms. The molecule has 0 amide bonds. The SMILES string of the molecule is CCc1cc(C2C(C(=O)OCc3ccccc3)=C(C)NC(C)=C2C(=O)OCc2ccccc2)ccc1O. The van der Waals surface area contributed by atoms with Crippen molar-refractivity contribution >= 4 is 11.9 Å². The van der Waals surface area contributed by atoms with Crippen LogP contribution in [-0.4, -0.2) is 17.0 Å². The second-order valence-corrected chi connectivity index (χ2v) is 9.00. The highest BCUT2D eigenvalue weighted by Gasteiger charge is 2.38. The van der Waals surface area contributed by atoms with Crippen molar-refractivity contribution in [2.45, 2.75) is 46.3 Å². The summed E-state index contributed by atoms with van der Waals surface area (Å²) in [5.74, 6) is -1.60. The van der Waals surface area contributed by atoms with Gasteiger partial charge in [0.05, 0.1) is 17.1 Å². The van der Waals surface area contributed by atoms with Gasteiger partial charge in [0.1, 0.15) is 19.0 Å². The number of ether oxygens (including phenoxy) is 2. The Bertz CT molecular complexity index is 1270. The third-order valence-corrected chi connectivity index (χ3v) is 6.44. The van der Waals surface area contributed by atoms with Gasteiger partial charge in [0.2, 0.25) is 0 Å². The highest BCUT2D eigenvalue weighted by Crippen LogP contribution is 2.40. The van der Waals surface area contributed by atoms with Crippen molar-refractivity contribution in [3.05, 3.63) is 124 Å². The minimum absolute atomic E-state index is 0.107. The van der Waals surface area contributed by atoms with Crippen LogP contribution in [0.25, 0.3) is 0 Å². The summed E-state index contributed by atoms with van der Waals surface area (Å²) in [6.07, 6.45) is 0.595. The first kappa shape index (κ1) is 25.8. The Kier molecular flexibility index (Phi) is 8.08. The predicted octanol–water partition coefficient (Wildman–Crippen LogP) is 5.68. The smallest absolute Gasteiger partial charge is 0.337 e. The van der Waals surface area contributed by atoms with E-state index in [-0.39, 0.29) is 19.0 Å². The summed E-state index contributed by atoms with van der Waals surface area (Å²) in [7, 11) is 0. The number of allylic oxidation sites excluding steroid dienone is 2. The molecule has 1 aliphatic rings. The second-order valence-electron chi connectivity index (χ2n) is 9.00. The van der Waals surface area contributed by atoms with Crippen molar-refractivity contribution in [2.24, 2.45) is 0 Å². The number of aromatic hydroxyl groups is 1. The fraction of sp³-hybridized carbons (Fsp3) is 0.226. The lowest BCUT2D eigenvalue weighted by Crippen LogP contribution is -2.32. The maximum atomic E-state index is 13.5. The van der Waals surface area contributed by atoms with Crippen molar-refractivity contribution in [1.82, 2.24) is 5.32 Å². The maximum absolute atomic E-state index is 13.5. The number of nitrogens with one attached hydrogen (secondary N) is 1. The molecule has 0 aliphatic carbocycles. The molecular weight excluding hydrogens is 466 g/mol. The zero-order valence-corrected chi connectivity index (χ0v) is 21.3. The van der Waals surface area contributed by atoms with E-state index in [1.54, 1.807) is 26.0 Å². The number of hydrogen-bond acceptors (Lipinski definition) is 6. The molecule has 0 bridgehead atoms. The van der Waals surface area contributed by atoms with Crippen LogP contribution in [0.1, 0.15) is 48.9 Å². The van der Waals surface area contributed by atoms with Gasteiger partial charge in [-0.2, -0.15) is 0 Å². The maximum Gasteiger partial charge on any atom is 0.337 e. The molecule has 6 heteroatoms. The Balaban J connectivity index is 1.70. The van der Waals surface area contributed by atoms with Crippen LogP contribution in [0.4, 0.5) is 0 Å². The number of hydrogen-bond donors (Lipinski definition) is 2. The topological polar surface area (TPSA) is 84.9 Å². The Morgan fingerprint density at radius 3 is 1.73 bits per heavy atom. The molecule has 1 heterocycles. The lowest BCUT2D eigenvalue weighted by molar-refractivity contribution is -0.141. The monoisotopic (exact) mass is 497 g/mol. The number of benzene rings is 3. The highest BCUT2D eigenvalue weighted by atomic mass is 16.5. The largest absolute Gasteiger partial charge is 0.508 e. The second kappa shape index (κ2) is 11.6. The third kappa shape index (κ3) is 5.92. The number of esters is 2. The van der Waals surface area contributed by atoms with Crippen LogP contribution < -0.4 is 5.32 Å². The van der Waals surface area contributed by atoms with Gasteiger partial charge in [-0.3, -0.25) is 0 Å². The van der Waals surface area contributed by atoms with Crippen LogP contribution >= 0.6 is 0 Å². The summed E-state index contributed by atoms with van der Waals surface area (Å²) in [5, 5.41) is 13.5. The Morgan fingerprint density at radius 2 is 1.27 bits per heavy atom. The van der Waals surface area contributed by atoms with Gasteiger partial charge in [0.25, 0.3) is 0 Å². The first-order chi connectivity index (χ1) is 17.9. The zero-order valence-electron chi connectivity index (χ0n) is 21.3. The minimum atomic E-state index is -0.723. The lowest BCUT2D eigenvalue weighted by atomic mass is 9.79. The molecule has 6 nitrogen and oxygen atoms in total. The van der Waals surface area contributed by atoms with Gasteiger partial charge in [-0.1, -0.05) is 79.7 Å². The normalized spacial score (nSPS) is 13.8. The molecular formula is C31H31NO5. The van der Waals surface area contributed by atoms with Crippen LogP contribution in [0.15, 0.2) is 101 Å². The van der Waals surface area contributed by atoms with Crippen LogP contribution in [0, 0.1) is 0 Å². The molecule has 0 radical (unpaired) electrons. The van der Waals surface area contributed by atoms with E-state index in [1.165, 1.54) is 0 Å². The fourth-order valence-electron chi connectivity index (χ4n) is 4.54. The van der Waals surface area contributed by atoms with Gasteiger partial charge in [-0.05, 0) is 48.6 Å². The highest BCUT2D eigenvalue weighted by molar-refractivity contribution is 6.00. The van der Waals surface area contributed by atoms with E-state index in [1.807, 2.05) is 73.7 Å². The number of carbonyl (C=O) groups is 2. The van der Waals surface area contributed by atoms with Gasteiger partial charge in [-0.15, -0.1) is 0 Å². The molecule has 0 aromatic heterocycles. The molecule has 190 valence electrons. The fourth-order valence-corrected chi connectivity index (χ4v) is 4.54. The standard InChI is InChI=1S/C31H31NO5/c1-4-24-17-25(15-16-26(24)33)29-27(30(34)36-18-22-11-7-5-8-12-22)20(2)32-21(3)28(29)31(35)37-19-23-13-9-6-10-14-23/h5-17,29,32-33H,4,18-19H2,1-3H3. The van der Waals surface area contributed by atoms with E-state index >= 15 is 0 Å². The molecule has 0 atom stereocenters. The summed E-state index contributed by atoms with van der Waals surface area (Å²) < 4.78 is 11.4. The molecule has 3 aromatic carbocycles. The lowest BCUT2D eigenvalue weighted by Gasteiger charge is -2.31.